The van der Waals surface area contributed by atoms with Crippen molar-refractivity contribution in [3.8, 4) is 11.1 Å². The van der Waals surface area contributed by atoms with Gasteiger partial charge in [-0.2, -0.15) is 11.3 Å². The first-order chi connectivity index (χ1) is 11.6. The number of nitrogens with one attached hydrogen (secondary N) is 1. The van der Waals surface area contributed by atoms with Crippen molar-refractivity contribution in [3.05, 3.63) is 57.9 Å². The molecule has 0 bridgehead atoms. The van der Waals surface area contributed by atoms with Crippen LogP contribution in [0.25, 0.3) is 11.1 Å². The van der Waals surface area contributed by atoms with Crippen molar-refractivity contribution in [1.82, 2.24) is 15.5 Å². The predicted octanol–water partition coefficient (Wildman–Crippen LogP) is 3.66. The van der Waals surface area contributed by atoms with Crippen LogP contribution in [0.4, 0.5) is 0 Å². The Balaban J connectivity index is 1.54. The Morgan fingerprint density at radius 2 is 2.17 bits per heavy atom. The molecular formula is C18H19N3O2S. The van der Waals surface area contributed by atoms with E-state index in [-0.39, 0.29) is 5.91 Å². The van der Waals surface area contributed by atoms with Gasteiger partial charge in [-0.25, -0.2) is 0 Å². The average Bonchev–Trinajstić information content (AvgIpc) is 3.22. The summed E-state index contributed by atoms with van der Waals surface area (Å²) in [5.41, 5.74) is 5.08. The Bertz CT molecular complexity index is 805. The lowest BCUT2D eigenvalue weighted by Gasteiger charge is -2.06. The van der Waals surface area contributed by atoms with Crippen molar-refractivity contribution in [1.29, 1.82) is 0 Å². The van der Waals surface area contributed by atoms with E-state index in [0.717, 1.165) is 33.7 Å². The number of carbonyl (C=O) groups excluding carboxylic acids is 1. The number of aryl methyl sites for hydroxylation is 2. The maximum Gasteiger partial charge on any atom is 0.220 e. The van der Waals surface area contributed by atoms with Crippen LogP contribution >= 0.6 is 11.3 Å². The molecule has 3 rings (SSSR count). The van der Waals surface area contributed by atoms with Crippen molar-refractivity contribution in [2.45, 2.75) is 33.2 Å². The maximum atomic E-state index is 12.1. The van der Waals surface area contributed by atoms with Crippen molar-refractivity contribution in [2.75, 3.05) is 0 Å². The Morgan fingerprint density at radius 1 is 1.29 bits per heavy atom. The van der Waals surface area contributed by atoms with Gasteiger partial charge in [0, 0.05) is 36.5 Å². The first-order valence-corrected chi connectivity index (χ1v) is 8.72. The first kappa shape index (κ1) is 16.4. The molecule has 124 valence electrons. The van der Waals surface area contributed by atoms with Crippen LogP contribution in [0.3, 0.4) is 0 Å². The molecule has 3 heterocycles. The molecule has 5 nitrogen and oxygen atoms in total. The number of rotatable bonds is 6. The molecule has 0 aromatic carbocycles. The zero-order valence-corrected chi connectivity index (χ0v) is 14.5. The largest absolute Gasteiger partial charge is 0.361 e. The van der Waals surface area contributed by atoms with E-state index in [1.54, 1.807) is 17.5 Å². The third-order valence-corrected chi connectivity index (χ3v) is 4.61. The molecule has 24 heavy (non-hydrogen) atoms. The molecule has 0 saturated heterocycles. The summed E-state index contributed by atoms with van der Waals surface area (Å²) in [4.78, 5) is 16.3. The molecule has 1 N–H and O–H groups in total. The van der Waals surface area contributed by atoms with Gasteiger partial charge in [-0.15, -0.1) is 0 Å². The summed E-state index contributed by atoms with van der Waals surface area (Å²) in [5, 5.41) is 11.0. The van der Waals surface area contributed by atoms with Crippen molar-refractivity contribution in [2.24, 2.45) is 0 Å². The van der Waals surface area contributed by atoms with Crippen molar-refractivity contribution in [3.63, 3.8) is 0 Å². The standard InChI is InChI=1S/C18H19N3O2S/c1-12-17(13(2)23-21-12)3-4-18(22)20-9-14-7-16(10-19-8-14)15-5-6-24-11-15/h5-8,10-11H,3-4,9H2,1-2H3,(H,20,22). The molecule has 3 aromatic rings. The lowest BCUT2D eigenvalue weighted by atomic mass is 10.1. The summed E-state index contributed by atoms with van der Waals surface area (Å²) in [7, 11) is 0. The van der Waals surface area contributed by atoms with Crippen molar-refractivity contribution < 1.29 is 9.32 Å². The molecule has 0 saturated carbocycles. The topological polar surface area (TPSA) is 68.0 Å². The van der Waals surface area contributed by atoms with Crippen LogP contribution in [-0.2, 0) is 17.8 Å². The number of hydrogen-bond acceptors (Lipinski definition) is 5. The van der Waals surface area contributed by atoms with Crippen LogP contribution in [0.1, 0.15) is 29.0 Å². The second-order valence-electron chi connectivity index (χ2n) is 5.67. The van der Waals surface area contributed by atoms with Crippen molar-refractivity contribution >= 4 is 17.2 Å². The third kappa shape index (κ3) is 3.89. The van der Waals surface area contributed by atoms with Gasteiger partial charge in [-0.05, 0) is 54.3 Å². The normalized spacial score (nSPS) is 10.8. The Kier molecular flexibility index (Phi) is 5.05. The van der Waals surface area contributed by atoms with E-state index >= 15 is 0 Å². The minimum absolute atomic E-state index is 0.0101. The van der Waals surface area contributed by atoms with Gasteiger partial charge in [0.15, 0.2) is 0 Å². The second-order valence-corrected chi connectivity index (χ2v) is 6.45. The molecule has 0 aliphatic heterocycles. The van der Waals surface area contributed by atoms with Gasteiger partial charge in [-0.1, -0.05) is 5.16 Å². The zero-order valence-electron chi connectivity index (χ0n) is 13.7. The van der Waals surface area contributed by atoms with Gasteiger partial charge >= 0.3 is 0 Å². The van der Waals surface area contributed by atoms with E-state index in [4.69, 9.17) is 4.52 Å². The number of carbonyl (C=O) groups is 1. The van der Waals surface area contributed by atoms with Crippen LogP contribution in [0.2, 0.25) is 0 Å². The van der Waals surface area contributed by atoms with E-state index < -0.39 is 0 Å². The smallest absolute Gasteiger partial charge is 0.220 e. The summed E-state index contributed by atoms with van der Waals surface area (Å²) in [6.07, 6.45) is 4.68. The summed E-state index contributed by atoms with van der Waals surface area (Å²) in [6.45, 7) is 4.24. The molecule has 3 aromatic heterocycles. The highest BCUT2D eigenvalue weighted by Gasteiger charge is 2.11. The molecule has 0 aliphatic rings. The summed E-state index contributed by atoms with van der Waals surface area (Å²) < 4.78 is 5.12. The average molecular weight is 341 g/mol. The zero-order chi connectivity index (χ0) is 16.9. The first-order valence-electron chi connectivity index (χ1n) is 7.78. The number of hydrogen-bond donors (Lipinski definition) is 1. The fourth-order valence-corrected chi connectivity index (χ4v) is 3.22. The molecule has 0 unspecified atom stereocenters. The van der Waals surface area contributed by atoms with E-state index in [1.165, 1.54) is 0 Å². The highest BCUT2D eigenvalue weighted by atomic mass is 32.1. The van der Waals surface area contributed by atoms with Crippen LogP contribution in [0.15, 0.2) is 39.8 Å². The Labute approximate surface area is 144 Å². The fourth-order valence-electron chi connectivity index (χ4n) is 2.56. The molecule has 0 fully saturated rings. The SMILES string of the molecule is Cc1noc(C)c1CCC(=O)NCc1cncc(-c2ccsc2)c1. The van der Waals surface area contributed by atoms with Crippen LogP contribution in [0, 0.1) is 13.8 Å². The molecule has 6 heteroatoms. The quantitative estimate of drug-likeness (QED) is 0.743. The molecule has 0 radical (unpaired) electrons. The van der Waals surface area contributed by atoms with Gasteiger partial charge in [0.05, 0.1) is 5.69 Å². The Hall–Kier alpha value is -2.47. The lowest BCUT2D eigenvalue weighted by Crippen LogP contribution is -2.23. The Morgan fingerprint density at radius 3 is 2.88 bits per heavy atom. The summed E-state index contributed by atoms with van der Waals surface area (Å²) in [5.74, 6) is 0.795. The van der Waals surface area contributed by atoms with Gasteiger partial charge in [-0.3, -0.25) is 9.78 Å². The minimum Gasteiger partial charge on any atom is -0.361 e. The molecule has 0 atom stereocenters. The van der Waals surface area contributed by atoms with Crippen LogP contribution in [0.5, 0.6) is 0 Å². The number of nitrogens with zero attached hydrogens (tertiary/aromatic N) is 2. The maximum absolute atomic E-state index is 12.1. The number of amides is 1. The van der Waals surface area contributed by atoms with Gasteiger partial charge in [0.25, 0.3) is 0 Å². The highest BCUT2D eigenvalue weighted by Crippen LogP contribution is 2.22. The van der Waals surface area contributed by atoms with Crippen LogP contribution in [-0.4, -0.2) is 16.0 Å². The monoisotopic (exact) mass is 341 g/mol. The third-order valence-electron chi connectivity index (χ3n) is 3.92. The van der Waals surface area contributed by atoms with Gasteiger partial charge in [0.1, 0.15) is 5.76 Å². The molecular weight excluding hydrogens is 322 g/mol. The second kappa shape index (κ2) is 7.40. The number of aromatic nitrogens is 2. The van der Waals surface area contributed by atoms with E-state index in [9.17, 15) is 4.79 Å². The molecule has 0 aliphatic carbocycles. The van der Waals surface area contributed by atoms with E-state index in [2.05, 4.69) is 33.0 Å². The molecule has 0 spiro atoms. The minimum atomic E-state index is 0.0101. The summed E-state index contributed by atoms with van der Waals surface area (Å²) in [6, 6.07) is 4.12. The lowest BCUT2D eigenvalue weighted by molar-refractivity contribution is -0.121. The van der Waals surface area contributed by atoms with E-state index in [1.807, 2.05) is 25.4 Å². The fraction of sp³-hybridized carbons (Fsp3) is 0.278. The number of pyridine rings is 1. The highest BCUT2D eigenvalue weighted by molar-refractivity contribution is 7.08. The number of thiophene rings is 1. The molecule has 1 amide bonds. The van der Waals surface area contributed by atoms with Gasteiger partial charge in [0.2, 0.25) is 5.91 Å². The predicted molar refractivity (Wildman–Crippen MR) is 93.7 cm³/mol. The van der Waals surface area contributed by atoms with Gasteiger partial charge < -0.3 is 9.84 Å². The van der Waals surface area contributed by atoms with E-state index in [0.29, 0.717) is 19.4 Å². The summed E-state index contributed by atoms with van der Waals surface area (Å²) >= 11 is 1.66. The van der Waals surface area contributed by atoms with Crippen LogP contribution < -0.4 is 5.32 Å².